The van der Waals surface area contributed by atoms with Crippen LogP contribution < -0.4 is 5.22 Å². The Hall–Kier alpha value is -3.10. The van der Waals surface area contributed by atoms with E-state index in [-0.39, 0.29) is 5.57 Å². The summed E-state index contributed by atoms with van der Waals surface area (Å²) < 4.78 is 0. The molecule has 3 aromatic carbocycles. The zero-order valence-electron chi connectivity index (χ0n) is 11.2. The molecule has 0 unspecified atom stereocenters. The van der Waals surface area contributed by atoms with Crippen LogP contribution in [0.3, 0.4) is 0 Å². The predicted molar refractivity (Wildman–Crippen MR) is 83.9 cm³/mol. The molecular weight excluding hydrogens is 256 g/mol. The molecule has 4 rings (SSSR count). The predicted octanol–water partition coefficient (Wildman–Crippen LogP) is 3.70. The van der Waals surface area contributed by atoms with Crippen molar-refractivity contribution >= 4 is 33.2 Å². The fourth-order valence-electron chi connectivity index (χ4n) is 3.25. The lowest BCUT2D eigenvalue weighted by Crippen LogP contribution is -2.10. The van der Waals surface area contributed by atoms with Crippen LogP contribution in [0.5, 0.6) is 0 Å². The van der Waals surface area contributed by atoms with Crippen molar-refractivity contribution < 1.29 is 0 Å². The lowest BCUT2D eigenvalue weighted by molar-refractivity contribution is 1.39. The van der Waals surface area contributed by atoms with Gasteiger partial charge in [0.2, 0.25) is 0 Å². The van der Waals surface area contributed by atoms with E-state index in [2.05, 4.69) is 42.5 Å². The molecule has 2 nitrogen and oxygen atoms in total. The van der Waals surface area contributed by atoms with Crippen molar-refractivity contribution in [1.82, 2.24) is 0 Å². The molecule has 1 aliphatic carbocycles. The molecule has 0 heterocycles. The van der Waals surface area contributed by atoms with Crippen LogP contribution >= 0.6 is 0 Å². The highest BCUT2D eigenvalue weighted by molar-refractivity contribution is 6.15. The van der Waals surface area contributed by atoms with Crippen LogP contribution in [0.15, 0.2) is 48.0 Å². The number of nitrogens with zero attached hydrogens (tertiary/aromatic N) is 2. The van der Waals surface area contributed by atoms with Crippen molar-refractivity contribution in [3.8, 4) is 12.1 Å². The van der Waals surface area contributed by atoms with E-state index in [0.29, 0.717) is 6.42 Å². The first-order valence-corrected chi connectivity index (χ1v) is 6.81. The third-order valence-corrected chi connectivity index (χ3v) is 4.19. The first-order valence-electron chi connectivity index (χ1n) is 6.81. The van der Waals surface area contributed by atoms with E-state index in [1.807, 2.05) is 18.2 Å². The monoisotopic (exact) mass is 266 g/mol. The number of rotatable bonds is 0. The molecular formula is C19H10N2. The SMILES string of the molecule is N#CC(C#N)=C1CC=c2ccc3cccc4ccc1c2c43. The fourth-order valence-corrected chi connectivity index (χ4v) is 3.25. The van der Waals surface area contributed by atoms with Crippen LogP contribution in [0, 0.1) is 22.7 Å². The van der Waals surface area contributed by atoms with Gasteiger partial charge in [-0.05, 0) is 44.3 Å². The average Bonchev–Trinajstić information content (AvgIpc) is 2.55. The molecule has 21 heavy (non-hydrogen) atoms. The van der Waals surface area contributed by atoms with Gasteiger partial charge in [0.1, 0.15) is 17.7 Å². The smallest absolute Gasteiger partial charge is 0.133 e. The second-order valence-corrected chi connectivity index (χ2v) is 5.21. The molecule has 0 aliphatic heterocycles. The molecule has 0 atom stereocenters. The maximum Gasteiger partial charge on any atom is 0.133 e. The van der Waals surface area contributed by atoms with Gasteiger partial charge in [0.25, 0.3) is 0 Å². The van der Waals surface area contributed by atoms with E-state index in [4.69, 9.17) is 0 Å². The fraction of sp³-hybridized carbons (Fsp3) is 0.0526. The second-order valence-electron chi connectivity index (χ2n) is 5.21. The van der Waals surface area contributed by atoms with Crippen LogP contribution in [0.4, 0.5) is 0 Å². The summed E-state index contributed by atoms with van der Waals surface area (Å²) in [6.07, 6.45) is 2.75. The Balaban J connectivity index is 2.28. The minimum atomic E-state index is 0.216. The average molecular weight is 266 g/mol. The molecule has 3 aromatic rings. The summed E-state index contributed by atoms with van der Waals surface area (Å²) in [7, 11) is 0. The molecule has 0 bridgehead atoms. The molecule has 1 aliphatic rings. The van der Waals surface area contributed by atoms with Gasteiger partial charge in [0, 0.05) is 0 Å². The van der Waals surface area contributed by atoms with Gasteiger partial charge in [-0.1, -0.05) is 48.5 Å². The number of allylic oxidation sites excluding steroid dienone is 2. The Kier molecular flexibility index (Phi) is 2.34. The summed E-state index contributed by atoms with van der Waals surface area (Å²) in [5.74, 6) is 0. The molecule has 96 valence electrons. The first-order chi connectivity index (χ1) is 10.3. The van der Waals surface area contributed by atoms with E-state index >= 15 is 0 Å². The van der Waals surface area contributed by atoms with Crippen molar-refractivity contribution in [3.05, 3.63) is 58.8 Å². The molecule has 2 heteroatoms. The van der Waals surface area contributed by atoms with Crippen LogP contribution in [0.1, 0.15) is 12.0 Å². The van der Waals surface area contributed by atoms with Crippen molar-refractivity contribution in [3.63, 3.8) is 0 Å². The van der Waals surface area contributed by atoms with E-state index in [1.165, 1.54) is 21.4 Å². The molecule has 0 N–H and O–H groups in total. The number of hydrogen-bond acceptors (Lipinski definition) is 2. The largest absolute Gasteiger partial charge is 0.192 e. The Labute approximate surface area is 121 Å². The van der Waals surface area contributed by atoms with Gasteiger partial charge in [-0.2, -0.15) is 10.5 Å². The summed E-state index contributed by atoms with van der Waals surface area (Å²) in [5, 5.41) is 24.3. The Morgan fingerprint density at radius 1 is 0.857 bits per heavy atom. The summed E-state index contributed by atoms with van der Waals surface area (Å²) in [5.41, 5.74) is 2.08. The highest BCUT2D eigenvalue weighted by atomic mass is 14.3. The third-order valence-electron chi connectivity index (χ3n) is 4.19. The van der Waals surface area contributed by atoms with Crippen LogP contribution in [0.2, 0.25) is 0 Å². The van der Waals surface area contributed by atoms with Gasteiger partial charge in [-0.25, -0.2) is 0 Å². The number of hydrogen-bond donors (Lipinski definition) is 0. The maximum absolute atomic E-state index is 9.19. The normalized spacial score (nSPS) is 12.8. The minimum absolute atomic E-state index is 0.216. The van der Waals surface area contributed by atoms with E-state index in [1.54, 1.807) is 0 Å². The summed E-state index contributed by atoms with van der Waals surface area (Å²) in [6, 6.07) is 18.7. The molecule has 0 aromatic heterocycles. The quantitative estimate of drug-likeness (QED) is 0.582. The Morgan fingerprint density at radius 3 is 2.29 bits per heavy atom. The van der Waals surface area contributed by atoms with Crippen LogP contribution in [-0.2, 0) is 0 Å². The summed E-state index contributed by atoms with van der Waals surface area (Å²) in [6.45, 7) is 0. The first kappa shape index (κ1) is 11.7. The highest BCUT2D eigenvalue weighted by Crippen LogP contribution is 2.35. The third kappa shape index (κ3) is 1.51. The van der Waals surface area contributed by atoms with Gasteiger partial charge < -0.3 is 0 Å². The zero-order chi connectivity index (χ0) is 14.4. The molecule has 0 saturated carbocycles. The van der Waals surface area contributed by atoms with Gasteiger partial charge in [0.05, 0.1) is 0 Å². The summed E-state index contributed by atoms with van der Waals surface area (Å²) in [4.78, 5) is 0. The number of nitriles is 2. The van der Waals surface area contributed by atoms with Crippen LogP contribution in [0.25, 0.3) is 33.2 Å². The lowest BCUT2D eigenvalue weighted by Gasteiger charge is -2.17. The molecule has 0 amide bonds. The number of benzene rings is 3. The second kappa shape index (κ2) is 4.20. The van der Waals surface area contributed by atoms with Gasteiger partial charge in [0.15, 0.2) is 0 Å². The molecule has 0 fully saturated rings. The van der Waals surface area contributed by atoms with E-state index in [0.717, 1.165) is 16.5 Å². The van der Waals surface area contributed by atoms with Crippen molar-refractivity contribution in [2.24, 2.45) is 0 Å². The lowest BCUT2D eigenvalue weighted by atomic mass is 9.85. The molecule has 0 spiro atoms. The van der Waals surface area contributed by atoms with Crippen molar-refractivity contribution in [1.29, 1.82) is 10.5 Å². The topological polar surface area (TPSA) is 47.6 Å². The van der Waals surface area contributed by atoms with Gasteiger partial charge >= 0.3 is 0 Å². The van der Waals surface area contributed by atoms with Crippen LogP contribution in [-0.4, -0.2) is 0 Å². The summed E-state index contributed by atoms with van der Waals surface area (Å²) >= 11 is 0. The standard InChI is InChI=1S/C19H10N2/c20-10-15(11-21)16-8-6-14-5-4-12-2-1-3-13-7-9-17(16)19(14)18(12)13/h1-7,9H,8H2. The minimum Gasteiger partial charge on any atom is -0.192 e. The van der Waals surface area contributed by atoms with E-state index < -0.39 is 0 Å². The molecule has 0 saturated heterocycles. The van der Waals surface area contributed by atoms with Crippen molar-refractivity contribution in [2.75, 3.05) is 0 Å². The van der Waals surface area contributed by atoms with E-state index in [9.17, 15) is 10.5 Å². The van der Waals surface area contributed by atoms with Gasteiger partial charge in [-0.3, -0.25) is 0 Å². The Bertz CT molecular complexity index is 1040. The zero-order valence-corrected chi connectivity index (χ0v) is 11.2. The van der Waals surface area contributed by atoms with Crippen molar-refractivity contribution in [2.45, 2.75) is 6.42 Å². The maximum atomic E-state index is 9.19. The molecule has 0 radical (unpaired) electrons. The highest BCUT2D eigenvalue weighted by Gasteiger charge is 2.17. The Morgan fingerprint density at radius 2 is 1.57 bits per heavy atom. The van der Waals surface area contributed by atoms with Gasteiger partial charge in [-0.15, -0.1) is 0 Å².